The van der Waals surface area contributed by atoms with E-state index in [-0.39, 0.29) is 0 Å². The molecule has 27 heavy (non-hydrogen) atoms. The van der Waals surface area contributed by atoms with E-state index in [2.05, 4.69) is 41.3 Å². The lowest BCUT2D eigenvalue weighted by atomic mass is 10.1. The van der Waals surface area contributed by atoms with Crippen molar-refractivity contribution in [3.63, 3.8) is 0 Å². The predicted octanol–water partition coefficient (Wildman–Crippen LogP) is 4.24. The Morgan fingerprint density at radius 3 is 2.59 bits per heavy atom. The Balaban J connectivity index is 1.89. The molecule has 0 N–H and O–H groups in total. The number of hydrogen-bond donors (Lipinski definition) is 0. The Morgan fingerprint density at radius 2 is 1.93 bits per heavy atom. The highest BCUT2D eigenvalue weighted by molar-refractivity contribution is 6.76. The maximum atomic E-state index is 5.88. The largest absolute Gasteiger partial charge is 0.360 e. The fraction of sp³-hybridized carbons (Fsp3) is 0.400. The van der Waals surface area contributed by atoms with Gasteiger partial charge < -0.3 is 4.74 Å². The summed E-state index contributed by atoms with van der Waals surface area (Å²) in [5.41, 5.74) is 3.68. The highest BCUT2D eigenvalue weighted by Crippen LogP contribution is 2.25. The van der Waals surface area contributed by atoms with Crippen molar-refractivity contribution < 1.29 is 4.74 Å². The molecule has 0 aliphatic rings. The van der Waals surface area contributed by atoms with E-state index >= 15 is 0 Å². The summed E-state index contributed by atoms with van der Waals surface area (Å²) in [7, 11) is -1.10. The topological polar surface area (TPSA) is 65.7 Å². The fourth-order valence-corrected chi connectivity index (χ4v) is 3.53. The molecule has 0 saturated heterocycles. The molecule has 0 fully saturated rings. The Morgan fingerprint density at radius 1 is 1.19 bits per heavy atom. The zero-order valence-electron chi connectivity index (χ0n) is 16.6. The zero-order chi connectivity index (χ0) is 19.4. The third-order valence-corrected chi connectivity index (χ3v) is 6.02. The van der Waals surface area contributed by atoms with Crippen LogP contribution in [0.3, 0.4) is 0 Å². The normalized spacial score (nSPS) is 11.9. The lowest BCUT2D eigenvalue weighted by Crippen LogP contribution is -2.22. The van der Waals surface area contributed by atoms with Crippen molar-refractivity contribution in [2.45, 2.75) is 45.8 Å². The minimum Gasteiger partial charge on any atom is -0.360 e. The van der Waals surface area contributed by atoms with Crippen LogP contribution in [0.1, 0.15) is 11.5 Å². The summed E-state index contributed by atoms with van der Waals surface area (Å²) >= 11 is 0. The second kappa shape index (κ2) is 8.10. The van der Waals surface area contributed by atoms with Gasteiger partial charge in [0.25, 0.3) is 0 Å². The van der Waals surface area contributed by atoms with E-state index in [0.717, 1.165) is 46.3 Å². The van der Waals surface area contributed by atoms with Crippen LogP contribution in [0.2, 0.25) is 25.7 Å². The molecular formula is C20H27N5OSi. The van der Waals surface area contributed by atoms with Crippen molar-refractivity contribution in [3.8, 4) is 11.3 Å². The molecule has 0 atom stereocenters. The van der Waals surface area contributed by atoms with Crippen LogP contribution >= 0.6 is 0 Å². The number of aromatic nitrogens is 5. The van der Waals surface area contributed by atoms with Gasteiger partial charge in [-0.25, -0.2) is 14.6 Å². The minimum atomic E-state index is -1.10. The number of fused-ring (bicyclic) bond motifs is 1. The second-order valence-corrected chi connectivity index (χ2v) is 13.5. The Labute approximate surface area is 161 Å². The van der Waals surface area contributed by atoms with Crippen molar-refractivity contribution in [1.29, 1.82) is 0 Å². The van der Waals surface area contributed by atoms with Crippen LogP contribution < -0.4 is 0 Å². The average Bonchev–Trinajstić information content (AvgIpc) is 3.02. The number of aryl methyl sites for hydroxylation is 1. The van der Waals surface area contributed by atoms with Crippen LogP contribution in [0, 0.1) is 6.92 Å². The Bertz CT molecular complexity index is 928. The van der Waals surface area contributed by atoms with Gasteiger partial charge in [-0.05, 0) is 19.0 Å². The lowest BCUT2D eigenvalue weighted by Gasteiger charge is -2.15. The zero-order valence-corrected chi connectivity index (χ0v) is 17.6. The van der Waals surface area contributed by atoms with Crippen molar-refractivity contribution in [2.24, 2.45) is 0 Å². The highest BCUT2D eigenvalue weighted by atomic mass is 28.3. The van der Waals surface area contributed by atoms with Gasteiger partial charge in [0.1, 0.15) is 12.6 Å². The summed E-state index contributed by atoms with van der Waals surface area (Å²) in [6.45, 7) is 14.0. The molecule has 0 bridgehead atoms. The molecule has 3 rings (SSSR count). The van der Waals surface area contributed by atoms with Crippen molar-refractivity contribution in [2.75, 3.05) is 6.61 Å². The second-order valence-electron chi connectivity index (χ2n) is 7.90. The van der Waals surface area contributed by atoms with Crippen molar-refractivity contribution >= 4 is 19.0 Å². The summed E-state index contributed by atoms with van der Waals surface area (Å²) in [5, 5.41) is 5.55. The van der Waals surface area contributed by atoms with Crippen LogP contribution in [-0.4, -0.2) is 39.4 Å². The van der Waals surface area contributed by atoms with Crippen molar-refractivity contribution in [1.82, 2.24) is 24.7 Å². The number of allylic oxidation sites excluding steroid dienone is 1. The summed E-state index contributed by atoms with van der Waals surface area (Å²) < 4.78 is 7.77. The predicted molar refractivity (Wildman–Crippen MR) is 111 cm³/mol. The molecule has 3 heterocycles. The molecule has 0 saturated carbocycles. The molecule has 6 nitrogen and oxygen atoms in total. The lowest BCUT2D eigenvalue weighted by molar-refractivity contribution is 0.0816. The highest BCUT2D eigenvalue weighted by Gasteiger charge is 2.15. The van der Waals surface area contributed by atoms with Gasteiger partial charge in [-0.15, -0.1) is 6.58 Å². The maximum Gasteiger partial charge on any atom is 0.140 e. The molecule has 0 aromatic carbocycles. The van der Waals surface area contributed by atoms with Crippen LogP contribution in [0.5, 0.6) is 0 Å². The molecule has 0 unspecified atom stereocenters. The van der Waals surface area contributed by atoms with E-state index in [4.69, 9.17) is 9.72 Å². The van der Waals surface area contributed by atoms with Crippen molar-refractivity contribution in [3.05, 3.63) is 48.8 Å². The first kappa shape index (κ1) is 19.4. The molecule has 0 amide bonds. The number of pyridine rings is 1. The summed E-state index contributed by atoms with van der Waals surface area (Å²) in [5.74, 6) is 0.745. The third kappa shape index (κ3) is 4.87. The van der Waals surface area contributed by atoms with Gasteiger partial charge in [-0.3, -0.25) is 4.98 Å². The molecule has 142 valence electrons. The number of hydrogen-bond acceptors (Lipinski definition) is 5. The summed E-state index contributed by atoms with van der Waals surface area (Å²) in [6, 6.07) is 3.17. The quantitative estimate of drug-likeness (QED) is 0.332. The number of rotatable bonds is 8. The molecule has 3 aromatic rings. The van der Waals surface area contributed by atoms with Gasteiger partial charge in [-0.1, -0.05) is 25.7 Å². The average molecular weight is 382 g/mol. The summed E-state index contributed by atoms with van der Waals surface area (Å²) in [4.78, 5) is 13.4. The van der Waals surface area contributed by atoms with E-state index in [0.29, 0.717) is 13.2 Å². The first-order chi connectivity index (χ1) is 12.9. The molecule has 0 spiro atoms. The smallest absolute Gasteiger partial charge is 0.140 e. The molecule has 0 radical (unpaired) electrons. The maximum absolute atomic E-state index is 5.88. The standard InChI is InChI=1S/C20H27N5OSi/c1-6-7-18-20-16(10-19(24-18)17-11-21-15(2)22-12-17)13-23-25(20)14-26-8-9-27(3,4)5/h6,10-13H,1,7-9,14H2,2-5H3. The molecule has 0 aliphatic heterocycles. The van der Waals surface area contributed by atoms with Gasteiger partial charge in [-0.2, -0.15) is 5.10 Å². The van der Waals surface area contributed by atoms with Gasteiger partial charge in [0, 0.05) is 44.4 Å². The van der Waals surface area contributed by atoms with E-state index in [1.54, 1.807) is 12.4 Å². The van der Waals surface area contributed by atoms with E-state index in [1.165, 1.54) is 0 Å². The molecule has 7 heteroatoms. The number of nitrogens with zero attached hydrogens (tertiary/aromatic N) is 5. The van der Waals surface area contributed by atoms with E-state index in [9.17, 15) is 0 Å². The van der Waals surface area contributed by atoms with Crippen LogP contribution in [0.25, 0.3) is 22.2 Å². The monoisotopic (exact) mass is 381 g/mol. The fourth-order valence-electron chi connectivity index (χ4n) is 2.78. The molecular weight excluding hydrogens is 354 g/mol. The van der Waals surface area contributed by atoms with E-state index < -0.39 is 8.07 Å². The van der Waals surface area contributed by atoms with Gasteiger partial charge in [0.15, 0.2) is 0 Å². The van der Waals surface area contributed by atoms with Crippen LogP contribution in [-0.2, 0) is 17.9 Å². The molecule has 0 aliphatic carbocycles. The van der Waals surface area contributed by atoms with Gasteiger partial charge in [0.2, 0.25) is 0 Å². The number of ether oxygens (including phenoxy) is 1. The van der Waals surface area contributed by atoms with Gasteiger partial charge in [0.05, 0.1) is 23.1 Å². The first-order valence-electron chi connectivity index (χ1n) is 9.20. The van der Waals surface area contributed by atoms with Crippen LogP contribution in [0.4, 0.5) is 0 Å². The first-order valence-corrected chi connectivity index (χ1v) is 12.9. The molecule has 3 aromatic heterocycles. The minimum absolute atomic E-state index is 0.437. The summed E-state index contributed by atoms with van der Waals surface area (Å²) in [6.07, 6.45) is 8.00. The van der Waals surface area contributed by atoms with E-state index in [1.807, 2.05) is 29.9 Å². The SMILES string of the molecule is C=CCc1nc(-c2cnc(C)nc2)cc2cnn(COCC[Si](C)(C)C)c12. The Kier molecular flexibility index (Phi) is 5.81. The Hall–Kier alpha value is -2.38. The van der Waals surface area contributed by atoms with Crippen LogP contribution in [0.15, 0.2) is 37.3 Å². The third-order valence-electron chi connectivity index (χ3n) is 4.31. The van der Waals surface area contributed by atoms with Gasteiger partial charge >= 0.3 is 0 Å².